The van der Waals surface area contributed by atoms with E-state index in [4.69, 9.17) is 0 Å². The zero-order valence-corrected chi connectivity index (χ0v) is 12.0. The second-order valence-electron chi connectivity index (χ2n) is 5.28. The summed E-state index contributed by atoms with van der Waals surface area (Å²) in [7, 11) is 0. The first-order chi connectivity index (χ1) is 10.2. The van der Waals surface area contributed by atoms with Gasteiger partial charge in [0.05, 0.1) is 17.4 Å². The van der Waals surface area contributed by atoms with Gasteiger partial charge in [-0.05, 0) is 44.0 Å². The van der Waals surface area contributed by atoms with E-state index in [1.165, 1.54) is 0 Å². The zero-order valence-electron chi connectivity index (χ0n) is 12.0. The van der Waals surface area contributed by atoms with Crippen molar-refractivity contribution in [2.45, 2.75) is 31.7 Å². The first-order valence-electron chi connectivity index (χ1n) is 7.26. The predicted molar refractivity (Wildman–Crippen MR) is 80.2 cm³/mol. The average molecular weight is 285 g/mol. The number of nitrogens with zero attached hydrogens (tertiary/aromatic N) is 3. The van der Waals surface area contributed by atoms with Crippen LogP contribution in [0.1, 0.15) is 26.2 Å². The lowest BCUT2D eigenvalue weighted by atomic mass is 9.93. The number of nitrogens with one attached hydrogen (secondary N) is 2. The molecule has 0 radical (unpaired) electrons. The minimum atomic E-state index is -0.430. The summed E-state index contributed by atoms with van der Waals surface area (Å²) < 4.78 is 1.68. The maximum atomic E-state index is 12.5. The van der Waals surface area contributed by atoms with Gasteiger partial charge in [-0.15, -0.1) is 0 Å². The summed E-state index contributed by atoms with van der Waals surface area (Å²) in [4.78, 5) is 16.8. The molecule has 6 heteroatoms. The van der Waals surface area contributed by atoms with Crippen LogP contribution in [-0.4, -0.2) is 32.8 Å². The van der Waals surface area contributed by atoms with E-state index in [0.717, 1.165) is 31.6 Å². The standard InChI is InChI=1S/C15H19N5O/c1-2-15(7-3-8-17-15)14(21)19-12-5-6-13(16-11-12)20-10-4-9-18-20/h4-6,9-11,17H,2-3,7-8H2,1H3,(H,19,21). The van der Waals surface area contributed by atoms with Crippen molar-refractivity contribution in [2.24, 2.45) is 0 Å². The molecule has 2 aromatic rings. The van der Waals surface area contributed by atoms with E-state index in [1.807, 2.05) is 31.3 Å². The minimum absolute atomic E-state index is 0.0242. The summed E-state index contributed by atoms with van der Waals surface area (Å²) in [5, 5.41) is 10.4. The van der Waals surface area contributed by atoms with Crippen molar-refractivity contribution in [2.75, 3.05) is 11.9 Å². The highest BCUT2D eigenvalue weighted by molar-refractivity contribution is 5.98. The van der Waals surface area contributed by atoms with Gasteiger partial charge >= 0.3 is 0 Å². The van der Waals surface area contributed by atoms with Gasteiger partial charge in [0.1, 0.15) is 0 Å². The van der Waals surface area contributed by atoms with E-state index in [-0.39, 0.29) is 5.91 Å². The number of carbonyl (C=O) groups excluding carboxylic acids is 1. The van der Waals surface area contributed by atoms with Crippen molar-refractivity contribution in [3.05, 3.63) is 36.8 Å². The Bertz CT molecular complexity index is 600. The van der Waals surface area contributed by atoms with Gasteiger partial charge in [0.15, 0.2) is 5.82 Å². The van der Waals surface area contributed by atoms with Crippen LogP contribution < -0.4 is 10.6 Å². The van der Waals surface area contributed by atoms with Gasteiger partial charge in [0.2, 0.25) is 5.91 Å². The fourth-order valence-corrected chi connectivity index (χ4v) is 2.71. The molecule has 1 amide bonds. The van der Waals surface area contributed by atoms with E-state index in [2.05, 4.69) is 20.7 Å². The van der Waals surface area contributed by atoms with Gasteiger partial charge in [0, 0.05) is 12.4 Å². The van der Waals surface area contributed by atoms with Crippen LogP contribution >= 0.6 is 0 Å². The molecular weight excluding hydrogens is 266 g/mol. The van der Waals surface area contributed by atoms with Gasteiger partial charge in [0.25, 0.3) is 0 Å². The number of hydrogen-bond donors (Lipinski definition) is 2. The van der Waals surface area contributed by atoms with Gasteiger partial charge in [-0.3, -0.25) is 4.79 Å². The molecule has 6 nitrogen and oxygen atoms in total. The lowest BCUT2D eigenvalue weighted by Gasteiger charge is -2.26. The molecule has 2 aromatic heterocycles. The number of aromatic nitrogens is 3. The van der Waals surface area contributed by atoms with Crippen LogP contribution in [-0.2, 0) is 4.79 Å². The lowest BCUT2D eigenvalue weighted by Crippen LogP contribution is -2.50. The van der Waals surface area contributed by atoms with Crippen molar-refractivity contribution < 1.29 is 4.79 Å². The Morgan fingerprint density at radius 3 is 3.00 bits per heavy atom. The van der Waals surface area contributed by atoms with Crippen LogP contribution in [0.2, 0.25) is 0 Å². The molecule has 0 bridgehead atoms. The molecule has 1 unspecified atom stereocenters. The molecular formula is C15H19N5O. The normalized spacial score (nSPS) is 21.4. The van der Waals surface area contributed by atoms with Gasteiger partial charge in [-0.2, -0.15) is 5.10 Å². The molecule has 1 saturated heterocycles. The monoisotopic (exact) mass is 285 g/mol. The Kier molecular flexibility index (Phi) is 3.70. The van der Waals surface area contributed by atoms with Gasteiger partial charge in [-0.1, -0.05) is 6.92 Å². The Hall–Kier alpha value is -2.21. The first-order valence-corrected chi connectivity index (χ1v) is 7.26. The Labute approximate surface area is 123 Å². The number of anilines is 1. The van der Waals surface area contributed by atoms with Crippen molar-refractivity contribution in [3.8, 4) is 5.82 Å². The highest BCUT2D eigenvalue weighted by Crippen LogP contribution is 2.24. The number of carbonyl (C=O) groups is 1. The molecule has 2 N–H and O–H groups in total. The fraction of sp³-hybridized carbons (Fsp3) is 0.400. The highest BCUT2D eigenvalue weighted by Gasteiger charge is 2.39. The number of amides is 1. The largest absolute Gasteiger partial charge is 0.323 e. The van der Waals surface area contributed by atoms with E-state index < -0.39 is 5.54 Å². The highest BCUT2D eigenvalue weighted by atomic mass is 16.2. The number of rotatable bonds is 4. The van der Waals surface area contributed by atoms with Gasteiger partial charge < -0.3 is 10.6 Å². The molecule has 0 spiro atoms. The lowest BCUT2D eigenvalue weighted by molar-refractivity contribution is -0.122. The maximum Gasteiger partial charge on any atom is 0.244 e. The minimum Gasteiger partial charge on any atom is -0.323 e. The molecule has 1 aliphatic rings. The molecule has 3 heterocycles. The fourth-order valence-electron chi connectivity index (χ4n) is 2.71. The molecule has 1 aliphatic heterocycles. The molecule has 21 heavy (non-hydrogen) atoms. The Morgan fingerprint density at radius 1 is 1.52 bits per heavy atom. The predicted octanol–water partition coefficient (Wildman–Crippen LogP) is 1.74. The maximum absolute atomic E-state index is 12.5. The van der Waals surface area contributed by atoms with Crippen LogP contribution in [0.3, 0.4) is 0 Å². The molecule has 1 fully saturated rings. The van der Waals surface area contributed by atoms with Crippen LogP contribution in [0.15, 0.2) is 36.8 Å². The van der Waals surface area contributed by atoms with Crippen LogP contribution in [0.4, 0.5) is 5.69 Å². The van der Waals surface area contributed by atoms with Gasteiger partial charge in [-0.25, -0.2) is 9.67 Å². The molecule has 0 aliphatic carbocycles. The van der Waals surface area contributed by atoms with E-state index in [0.29, 0.717) is 5.69 Å². The quantitative estimate of drug-likeness (QED) is 0.897. The average Bonchev–Trinajstić information content (AvgIpc) is 3.20. The third kappa shape index (κ3) is 2.67. The smallest absolute Gasteiger partial charge is 0.244 e. The number of pyridine rings is 1. The summed E-state index contributed by atoms with van der Waals surface area (Å²) in [6, 6.07) is 5.53. The SMILES string of the molecule is CCC1(C(=O)Nc2ccc(-n3cccn3)nc2)CCCN1. The molecule has 0 aromatic carbocycles. The van der Waals surface area contributed by atoms with Crippen molar-refractivity contribution in [1.29, 1.82) is 0 Å². The summed E-state index contributed by atoms with van der Waals surface area (Å²) in [6.07, 6.45) is 7.90. The summed E-state index contributed by atoms with van der Waals surface area (Å²) in [6.45, 7) is 2.94. The molecule has 1 atom stereocenters. The Balaban J connectivity index is 1.72. The van der Waals surface area contributed by atoms with E-state index >= 15 is 0 Å². The van der Waals surface area contributed by atoms with Crippen LogP contribution in [0.5, 0.6) is 0 Å². The first kappa shape index (κ1) is 13.8. The summed E-state index contributed by atoms with van der Waals surface area (Å²) in [5.41, 5.74) is 0.276. The third-order valence-electron chi connectivity index (χ3n) is 4.03. The van der Waals surface area contributed by atoms with Crippen LogP contribution in [0.25, 0.3) is 5.82 Å². The zero-order chi connectivity index (χ0) is 14.7. The van der Waals surface area contributed by atoms with Crippen molar-refractivity contribution >= 4 is 11.6 Å². The third-order valence-corrected chi connectivity index (χ3v) is 4.03. The molecule has 3 rings (SSSR count). The molecule has 110 valence electrons. The second kappa shape index (κ2) is 5.65. The Morgan fingerprint density at radius 2 is 2.43 bits per heavy atom. The van der Waals surface area contributed by atoms with Crippen molar-refractivity contribution in [3.63, 3.8) is 0 Å². The second-order valence-corrected chi connectivity index (χ2v) is 5.28. The van der Waals surface area contributed by atoms with E-state index in [1.54, 1.807) is 17.1 Å². The molecule has 0 saturated carbocycles. The van der Waals surface area contributed by atoms with Crippen molar-refractivity contribution in [1.82, 2.24) is 20.1 Å². The summed E-state index contributed by atoms with van der Waals surface area (Å²) in [5.74, 6) is 0.748. The van der Waals surface area contributed by atoms with Crippen LogP contribution in [0, 0.1) is 0 Å². The van der Waals surface area contributed by atoms with E-state index in [9.17, 15) is 4.79 Å². The number of hydrogen-bond acceptors (Lipinski definition) is 4. The topological polar surface area (TPSA) is 71.8 Å². The summed E-state index contributed by atoms with van der Waals surface area (Å²) >= 11 is 0.